The van der Waals surface area contributed by atoms with Crippen molar-refractivity contribution in [1.82, 2.24) is 5.32 Å². The van der Waals surface area contributed by atoms with Crippen LogP contribution >= 0.6 is 11.3 Å². The lowest BCUT2D eigenvalue weighted by atomic mass is 9.95. The molecule has 0 radical (unpaired) electrons. The first-order valence-electron chi connectivity index (χ1n) is 11.2. The Morgan fingerprint density at radius 3 is 2.32 bits per heavy atom. The topological polar surface area (TPSA) is 49.4 Å². The van der Waals surface area contributed by atoms with Crippen molar-refractivity contribution in [2.75, 3.05) is 4.90 Å². The van der Waals surface area contributed by atoms with Crippen molar-refractivity contribution in [3.05, 3.63) is 88.1 Å². The van der Waals surface area contributed by atoms with Crippen molar-refractivity contribution in [1.29, 1.82) is 0 Å². The van der Waals surface area contributed by atoms with E-state index >= 15 is 0 Å². The smallest absolute Gasteiger partial charge is 0.351 e. The van der Waals surface area contributed by atoms with Crippen LogP contribution in [0.15, 0.2) is 72.1 Å². The summed E-state index contributed by atoms with van der Waals surface area (Å²) < 4.78 is 40.6. The van der Waals surface area contributed by atoms with Gasteiger partial charge in [0.2, 0.25) is 5.91 Å². The van der Waals surface area contributed by atoms with Crippen LogP contribution < -0.4 is 10.2 Å². The van der Waals surface area contributed by atoms with E-state index in [1.165, 1.54) is 28.4 Å². The summed E-state index contributed by atoms with van der Waals surface area (Å²) in [4.78, 5) is 29.1. The highest BCUT2D eigenvalue weighted by molar-refractivity contribution is 7.10. The molecule has 1 atom stereocenters. The molecule has 8 heteroatoms. The van der Waals surface area contributed by atoms with Crippen molar-refractivity contribution >= 4 is 28.8 Å². The number of thiophene rings is 1. The second-order valence-corrected chi connectivity index (χ2v) is 9.33. The van der Waals surface area contributed by atoms with E-state index in [1.54, 1.807) is 47.8 Å². The maximum absolute atomic E-state index is 13.7. The minimum atomic E-state index is -4.58. The lowest BCUT2D eigenvalue weighted by Gasteiger charge is -2.33. The molecule has 0 saturated heterocycles. The molecule has 1 aliphatic rings. The van der Waals surface area contributed by atoms with Crippen LogP contribution in [0.3, 0.4) is 0 Å². The van der Waals surface area contributed by atoms with Crippen molar-refractivity contribution in [2.24, 2.45) is 0 Å². The number of benzene rings is 2. The zero-order valence-electron chi connectivity index (χ0n) is 18.4. The molecule has 4 rings (SSSR count). The van der Waals surface area contributed by atoms with Crippen LogP contribution in [0.4, 0.5) is 18.9 Å². The maximum Gasteiger partial charge on any atom is 0.416 e. The van der Waals surface area contributed by atoms with Gasteiger partial charge < -0.3 is 5.32 Å². The number of nitrogens with zero attached hydrogens (tertiary/aromatic N) is 1. The molecule has 0 aliphatic heterocycles. The third-order valence-electron chi connectivity index (χ3n) is 5.96. The van der Waals surface area contributed by atoms with E-state index in [9.17, 15) is 22.8 Å². The van der Waals surface area contributed by atoms with E-state index in [0.29, 0.717) is 4.88 Å². The Labute approximate surface area is 200 Å². The summed E-state index contributed by atoms with van der Waals surface area (Å²) in [6, 6.07) is 15.2. The fourth-order valence-corrected chi connectivity index (χ4v) is 5.10. The molecule has 34 heavy (non-hydrogen) atoms. The van der Waals surface area contributed by atoms with Gasteiger partial charge in [0, 0.05) is 22.2 Å². The molecule has 2 aromatic carbocycles. The molecular formula is C26H25F3N2O2S. The van der Waals surface area contributed by atoms with Gasteiger partial charge in [-0.15, -0.1) is 11.3 Å². The van der Waals surface area contributed by atoms with E-state index < -0.39 is 29.6 Å². The maximum atomic E-state index is 13.7. The van der Waals surface area contributed by atoms with E-state index in [1.807, 2.05) is 0 Å². The van der Waals surface area contributed by atoms with Crippen LogP contribution in [0.1, 0.15) is 58.9 Å². The molecule has 1 N–H and O–H groups in total. The quantitative estimate of drug-likeness (QED) is 0.427. The second kappa shape index (κ2) is 10.4. The van der Waals surface area contributed by atoms with Gasteiger partial charge in [-0.05, 0) is 54.6 Å². The Kier molecular flexibility index (Phi) is 7.36. The molecule has 3 aromatic rings. The van der Waals surface area contributed by atoms with E-state index in [0.717, 1.165) is 44.2 Å². The highest BCUT2D eigenvalue weighted by Gasteiger charge is 2.37. The largest absolute Gasteiger partial charge is 0.416 e. The number of anilines is 1. The molecular weight excluding hydrogens is 461 g/mol. The highest BCUT2D eigenvalue weighted by Crippen LogP contribution is 2.36. The third kappa shape index (κ3) is 5.50. The minimum absolute atomic E-state index is 0.0147. The van der Waals surface area contributed by atoms with Gasteiger partial charge in [0.25, 0.3) is 5.91 Å². The average molecular weight is 487 g/mol. The highest BCUT2D eigenvalue weighted by atomic mass is 32.1. The predicted octanol–water partition coefficient (Wildman–Crippen LogP) is 6.60. The molecule has 0 bridgehead atoms. The molecule has 0 spiro atoms. The summed E-state index contributed by atoms with van der Waals surface area (Å²) in [5, 5.41) is 4.85. The van der Waals surface area contributed by atoms with Crippen LogP contribution in [0.25, 0.3) is 0 Å². The first-order chi connectivity index (χ1) is 16.3. The average Bonchev–Trinajstić information content (AvgIpc) is 3.37. The molecule has 1 fully saturated rings. The minimum Gasteiger partial charge on any atom is -0.351 e. The summed E-state index contributed by atoms with van der Waals surface area (Å²) >= 11 is 1.29. The molecule has 1 saturated carbocycles. The Balaban J connectivity index is 1.80. The molecule has 1 heterocycles. The molecule has 1 aliphatic carbocycles. The summed E-state index contributed by atoms with van der Waals surface area (Å²) in [5.41, 5.74) is -0.582. The number of amides is 2. The number of hydrogen-bond acceptors (Lipinski definition) is 3. The first-order valence-corrected chi connectivity index (χ1v) is 12.1. The van der Waals surface area contributed by atoms with Crippen molar-refractivity contribution < 1.29 is 22.8 Å². The van der Waals surface area contributed by atoms with Gasteiger partial charge in [-0.1, -0.05) is 49.6 Å². The van der Waals surface area contributed by atoms with Gasteiger partial charge in [0.15, 0.2) is 6.04 Å². The third-order valence-corrected chi connectivity index (χ3v) is 6.89. The molecule has 1 aromatic heterocycles. The normalized spacial score (nSPS) is 15.5. The summed E-state index contributed by atoms with van der Waals surface area (Å²) in [6.07, 6.45) is 0.242. The van der Waals surface area contributed by atoms with Gasteiger partial charge >= 0.3 is 6.18 Å². The summed E-state index contributed by atoms with van der Waals surface area (Å²) in [5.74, 6) is -0.937. The van der Waals surface area contributed by atoms with Crippen LogP contribution in [-0.4, -0.2) is 17.9 Å². The standard InChI is InChI=1S/C26H25F3N2O2S/c27-26(28,29)19-11-7-14-21(17-19)31(25(33)18-9-3-1-4-10-18)23(22-15-8-16-34-22)24(32)30-20-12-5-2-6-13-20/h1,3-4,7-11,14-17,20,23H,2,5-6,12-13H2,(H,30,32). The molecule has 178 valence electrons. The Morgan fingerprint density at radius 1 is 0.941 bits per heavy atom. The molecule has 1 unspecified atom stereocenters. The number of alkyl halides is 3. The monoisotopic (exact) mass is 486 g/mol. The fraction of sp³-hybridized carbons (Fsp3) is 0.308. The lowest BCUT2D eigenvalue weighted by Crippen LogP contribution is -2.47. The van der Waals surface area contributed by atoms with Crippen LogP contribution in [-0.2, 0) is 11.0 Å². The van der Waals surface area contributed by atoms with Gasteiger partial charge in [0.1, 0.15) is 0 Å². The number of rotatable bonds is 6. The van der Waals surface area contributed by atoms with Crippen LogP contribution in [0, 0.1) is 0 Å². The van der Waals surface area contributed by atoms with Crippen LogP contribution in [0.5, 0.6) is 0 Å². The number of nitrogens with one attached hydrogen (secondary N) is 1. The number of carbonyl (C=O) groups is 2. The van der Waals surface area contributed by atoms with Crippen LogP contribution in [0.2, 0.25) is 0 Å². The van der Waals surface area contributed by atoms with Crippen molar-refractivity contribution in [3.8, 4) is 0 Å². The number of carbonyl (C=O) groups excluding carboxylic acids is 2. The zero-order chi connectivity index (χ0) is 24.1. The van der Waals surface area contributed by atoms with Gasteiger partial charge in [-0.3, -0.25) is 14.5 Å². The Hall–Kier alpha value is -3.13. The van der Waals surface area contributed by atoms with E-state index in [2.05, 4.69) is 5.32 Å². The van der Waals surface area contributed by atoms with Gasteiger partial charge in [-0.25, -0.2) is 0 Å². The van der Waals surface area contributed by atoms with Gasteiger partial charge in [0.05, 0.1) is 5.56 Å². The Morgan fingerprint density at radius 2 is 1.68 bits per heavy atom. The first kappa shape index (κ1) is 24.0. The predicted molar refractivity (Wildman–Crippen MR) is 127 cm³/mol. The van der Waals surface area contributed by atoms with Crippen molar-refractivity contribution in [3.63, 3.8) is 0 Å². The summed E-state index contributed by atoms with van der Waals surface area (Å²) in [6.45, 7) is 0. The second-order valence-electron chi connectivity index (χ2n) is 8.35. The molecule has 4 nitrogen and oxygen atoms in total. The fourth-order valence-electron chi connectivity index (χ4n) is 4.28. The lowest BCUT2D eigenvalue weighted by molar-refractivity contribution is -0.137. The number of hydrogen-bond donors (Lipinski definition) is 1. The Bertz CT molecular complexity index is 1110. The van der Waals surface area contributed by atoms with Crippen molar-refractivity contribution in [2.45, 2.75) is 50.4 Å². The molecule has 2 amide bonds. The van der Waals surface area contributed by atoms with E-state index in [4.69, 9.17) is 0 Å². The zero-order valence-corrected chi connectivity index (χ0v) is 19.2. The summed E-state index contributed by atoms with van der Waals surface area (Å²) in [7, 11) is 0. The number of halogens is 3. The van der Waals surface area contributed by atoms with E-state index in [-0.39, 0.29) is 17.3 Å². The van der Waals surface area contributed by atoms with Gasteiger partial charge in [-0.2, -0.15) is 13.2 Å². The SMILES string of the molecule is O=C(NC1CCCCC1)C(c1cccs1)N(C(=O)c1ccccc1)c1cccc(C(F)(F)F)c1.